The van der Waals surface area contributed by atoms with E-state index in [0.29, 0.717) is 5.92 Å². The molecule has 0 bridgehead atoms. The van der Waals surface area contributed by atoms with E-state index in [1.807, 2.05) is 11.8 Å². The Morgan fingerprint density at radius 3 is 2.58 bits per heavy atom. The zero-order chi connectivity index (χ0) is 9.56. The molecule has 0 saturated carbocycles. The Balaban J connectivity index is 3.75. The van der Waals surface area contributed by atoms with Crippen LogP contribution in [0.1, 0.15) is 26.7 Å². The zero-order valence-electron chi connectivity index (χ0n) is 8.47. The summed E-state index contributed by atoms with van der Waals surface area (Å²) in [7, 11) is 0. The van der Waals surface area contributed by atoms with Crippen LogP contribution in [-0.2, 0) is 0 Å². The van der Waals surface area contributed by atoms with Gasteiger partial charge in [-0.3, -0.25) is 0 Å². The summed E-state index contributed by atoms with van der Waals surface area (Å²) in [4.78, 5) is 0. The first-order valence-electron chi connectivity index (χ1n) is 4.56. The molecule has 0 radical (unpaired) electrons. The molecule has 2 N–H and O–H groups in total. The highest BCUT2D eigenvalue weighted by atomic mass is 32.2. The van der Waals surface area contributed by atoms with Crippen LogP contribution in [-0.4, -0.2) is 18.1 Å². The lowest BCUT2D eigenvalue weighted by Crippen LogP contribution is -2.26. The Bertz CT molecular complexity index is 134. The molecule has 0 rings (SSSR count). The average molecular weight is 187 g/mol. The van der Waals surface area contributed by atoms with E-state index in [1.54, 1.807) is 0 Å². The first-order valence-corrected chi connectivity index (χ1v) is 5.96. The van der Waals surface area contributed by atoms with Crippen molar-refractivity contribution in [1.82, 2.24) is 0 Å². The van der Waals surface area contributed by atoms with Crippen molar-refractivity contribution < 1.29 is 0 Å². The van der Waals surface area contributed by atoms with E-state index in [-0.39, 0.29) is 6.04 Å². The van der Waals surface area contributed by atoms with Crippen LogP contribution >= 0.6 is 11.8 Å². The topological polar surface area (TPSA) is 26.0 Å². The summed E-state index contributed by atoms with van der Waals surface area (Å²) in [5, 5.41) is 0. The normalized spacial score (nSPS) is 15.7. The van der Waals surface area contributed by atoms with Crippen LogP contribution in [0.2, 0.25) is 0 Å². The summed E-state index contributed by atoms with van der Waals surface area (Å²) in [5.41, 5.74) is 7.18. The molecule has 2 heteroatoms. The van der Waals surface area contributed by atoms with E-state index in [9.17, 15) is 0 Å². The third-order valence-electron chi connectivity index (χ3n) is 2.35. The second kappa shape index (κ2) is 6.55. The summed E-state index contributed by atoms with van der Waals surface area (Å²) < 4.78 is 0. The van der Waals surface area contributed by atoms with Crippen LogP contribution < -0.4 is 5.73 Å². The summed E-state index contributed by atoms with van der Waals surface area (Å²) >= 11 is 1.85. The maximum atomic E-state index is 5.97. The lowest BCUT2D eigenvalue weighted by atomic mass is 9.93. The van der Waals surface area contributed by atoms with Crippen LogP contribution in [0, 0.1) is 5.92 Å². The number of nitrogens with two attached hydrogens (primary N) is 1. The zero-order valence-corrected chi connectivity index (χ0v) is 9.29. The number of hydrogen-bond donors (Lipinski definition) is 1. The van der Waals surface area contributed by atoms with Crippen LogP contribution in [0.15, 0.2) is 12.2 Å². The minimum Gasteiger partial charge on any atom is -0.324 e. The molecule has 0 aliphatic carbocycles. The van der Waals surface area contributed by atoms with E-state index >= 15 is 0 Å². The molecular formula is C10H21NS. The number of rotatable bonds is 6. The van der Waals surface area contributed by atoms with Crippen molar-refractivity contribution in [2.24, 2.45) is 11.7 Å². The van der Waals surface area contributed by atoms with Crippen molar-refractivity contribution in [2.75, 3.05) is 12.0 Å². The quantitative estimate of drug-likeness (QED) is 0.647. The summed E-state index contributed by atoms with van der Waals surface area (Å²) in [6.07, 6.45) is 4.31. The number of hydrogen-bond acceptors (Lipinski definition) is 2. The highest BCUT2D eigenvalue weighted by Gasteiger charge is 2.11. The molecule has 1 unspecified atom stereocenters. The number of thioether (sulfide) groups is 1. The van der Waals surface area contributed by atoms with Gasteiger partial charge in [0.2, 0.25) is 0 Å². The maximum absolute atomic E-state index is 5.97. The molecule has 0 aromatic carbocycles. The monoisotopic (exact) mass is 187 g/mol. The Kier molecular flexibility index (Phi) is 6.58. The molecule has 0 aliphatic rings. The minimum absolute atomic E-state index is 0.201. The van der Waals surface area contributed by atoms with Crippen molar-refractivity contribution in [3.8, 4) is 0 Å². The molecular weight excluding hydrogens is 166 g/mol. The van der Waals surface area contributed by atoms with Gasteiger partial charge in [-0.2, -0.15) is 11.8 Å². The smallest absolute Gasteiger partial charge is 0.0261 e. The predicted molar refractivity (Wildman–Crippen MR) is 59.6 cm³/mol. The maximum Gasteiger partial charge on any atom is 0.0261 e. The lowest BCUT2D eigenvalue weighted by molar-refractivity contribution is 0.579. The first-order chi connectivity index (χ1) is 5.63. The molecule has 1 nitrogen and oxygen atoms in total. The molecule has 0 aromatic rings. The Hall–Kier alpha value is 0.0500. The molecule has 0 amide bonds. The van der Waals surface area contributed by atoms with Crippen molar-refractivity contribution in [3.05, 3.63) is 12.2 Å². The Morgan fingerprint density at radius 2 is 2.17 bits per heavy atom. The second-order valence-corrected chi connectivity index (χ2v) is 4.26. The van der Waals surface area contributed by atoms with Crippen LogP contribution in [0.5, 0.6) is 0 Å². The SMILES string of the molecule is C=C(C(C)CC)[C@@H](N)CCSC. The fourth-order valence-corrected chi connectivity index (χ4v) is 1.55. The van der Waals surface area contributed by atoms with E-state index in [4.69, 9.17) is 5.73 Å². The van der Waals surface area contributed by atoms with Gasteiger partial charge in [0.25, 0.3) is 0 Å². The van der Waals surface area contributed by atoms with Gasteiger partial charge >= 0.3 is 0 Å². The van der Waals surface area contributed by atoms with E-state index in [0.717, 1.165) is 18.6 Å². The van der Waals surface area contributed by atoms with Gasteiger partial charge in [0.05, 0.1) is 0 Å². The van der Waals surface area contributed by atoms with Crippen molar-refractivity contribution in [1.29, 1.82) is 0 Å². The highest BCUT2D eigenvalue weighted by Crippen LogP contribution is 2.17. The van der Waals surface area contributed by atoms with Crippen molar-refractivity contribution >= 4 is 11.8 Å². The third kappa shape index (κ3) is 4.17. The third-order valence-corrected chi connectivity index (χ3v) is 3.00. The molecule has 0 aliphatic heterocycles. The van der Waals surface area contributed by atoms with Gasteiger partial charge in [-0.1, -0.05) is 26.0 Å². The second-order valence-electron chi connectivity index (χ2n) is 3.27. The van der Waals surface area contributed by atoms with Gasteiger partial charge in [-0.05, 0) is 30.8 Å². The molecule has 72 valence electrons. The minimum atomic E-state index is 0.201. The predicted octanol–water partition coefficient (Wildman–Crippen LogP) is 2.67. The Morgan fingerprint density at radius 1 is 1.58 bits per heavy atom. The molecule has 2 atom stereocenters. The Labute approximate surface area is 80.8 Å². The van der Waals surface area contributed by atoms with Gasteiger partial charge in [-0.25, -0.2) is 0 Å². The van der Waals surface area contributed by atoms with E-state index in [1.165, 1.54) is 5.57 Å². The molecule has 0 aromatic heterocycles. The summed E-state index contributed by atoms with van der Waals surface area (Å²) in [5.74, 6) is 1.71. The molecule has 0 saturated heterocycles. The summed E-state index contributed by atoms with van der Waals surface area (Å²) in [6.45, 7) is 8.42. The van der Waals surface area contributed by atoms with Crippen LogP contribution in [0.4, 0.5) is 0 Å². The fraction of sp³-hybridized carbons (Fsp3) is 0.800. The van der Waals surface area contributed by atoms with Gasteiger partial charge in [0, 0.05) is 6.04 Å². The van der Waals surface area contributed by atoms with Crippen molar-refractivity contribution in [2.45, 2.75) is 32.7 Å². The lowest BCUT2D eigenvalue weighted by Gasteiger charge is -2.19. The van der Waals surface area contributed by atoms with E-state index < -0.39 is 0 Å². The largest absolute Gasteiger partial charge is 0.324 e. The van der Waals surface area contributed by atoms with Gasteiger partial charge in [0.1, 0.15) is 0 Å². The van der Waals surface area contributed by atoms with Crippen LogP contribution in [0.25, 0.3) is 0 Å². The summed E-state index contributed by atoms with van der Waals surface area (Å²) in [6, 6.07) is 0.201. The molecule has 0 fully saturated rings. The fourth-order valence-electron chi connectivity index (χ4n) is 1.06. The molecule has 0 spiro atoms. The highest BCUT2D eigenvalue weighted by molar-refractivity contribution is 7.98. The molecule has 12 heavy (non-hydrogen) atoms. The van der Waals surface area contributed by atoms with Crippen molar-refractivity contribution in [3.63, 3.8) is 0 Å². The van der Waals surface area contributed by atoms with E-state index in [2.05, 4.69) is 26.7 Å². The van der Waals surface area contributed by atoms with Gasteiger partial charge in [0.15, 0.2) is 0 Å². The average Bonchev–Trinajstić information content (AvgIpc) is 2.11. The standard InChI is InChI=1S/C10H21NS/c1-5-8(2)9(3)10(11)6-7-12-4/h8,10H,3,5-7,11H2,1-2,4H3/t8?,10-/m0/s1. The van der Waals surface area contributed by atoms with Gasteiger partial charge in [-0.15, -0.1) is 0 Å². The van der Waals surface area contributed by atoms with Gasteiger partial charge < -0.3 is 5.73 Å². The van der Waals surface area contributed by atoms with Crippen LogP contribution in [0.3, 0.4) is 0 Å². The molecule has 0 heterocycles. The first kappa shape index (κ1) is 12.0.